The summed E-state index contributed by atoms with van der Waals surface area (Å²) in [7, 11) is 1.63. The van der Waals surface area contributed by atoms with Crippen molar-refractivity contribution in [2.24, 2.45) is 0 Å². The van der Waals surface area contributed by atoms with E-state index in [0.29, 0.717) is 25.6 Å². The first-order valence-electron chi connectivity index (χ1n) is 7.43. The van der Waals surface area contributed by atoms with E-state index in [4.69, 9.17) is 9.47 Å². The molecule has 116 valence electrons. The highest BCUT2D eigenvalue weighted by atomic mass is 16.5. The van der Waals surface area contributed by atoms with E-state index in [1.54, 1.807) is 18.9 Å². The Balaban J connectivity index is 2.02. The Morgan fingerprint density at radius 1 is 1.41 bits per heavy atom. The average molecular weight is 300 g/mol. The van der Waals surface area contributed by atoms with Gasteiger partial charge in [0, 0.05) is 24.6 Å². The third-order valence-corrected chi connectivity index (χ3v) is 3.88. The summed E-state index contributed by atoms with van der Waals surface area (Å²) in [4.78, 5) is 18.7. The van der Waals surface area contributed by atoms with Crippen LogP contribution in [0.25, 0.3) is 10.9 Å². The third kappa shape index (κ3) is 2.76. The minimum absolute atomic E-state index is 0.0321. The predicted molar refractivity (Wildman–Crippen MR) is 83.9 cm³/mol. The molecule has 5 nitrogen and oxygen atoms in total. The zero-order valence-corrected chi connectivity index (χ0v) is 13.1. The second-order valence-electron chi connectivity index (χ2n) is 5.66. The summed E-state index contributed by atoms with van der Waals surface area (Å²) in [5.74, 6) is 0.521. The van der Waals surface area contributed by atoms with Gasteiger partial charge in [-0.15, -0.1) is 0 Å². The van der Waals surface area contributed by atoms with E-state index >= 15 is 0 Å². The molecule has 1 aromatic carbocycles. The number of hydrogen-bond acceptors (Lipinski definition) is 4. The van der Waals surface area contributed by atoms with Gasteiger partial charge in [-0.2, -0.15) is 0 Å². The second-order valence-corrected chi connectivity index (χ2v) is 5.66. The first kappa shape index (κ1) is 14.8. The molecular weight excluding hydrogens is 280 g/mol. The molecule has 1 amide bonds. The van der Waals surface area contributed by atoms with Crippen LogP contribution in [0.4, 0.5) is 0 Å². The molecule has 0 saturated carbocycles. The second kappa shape index (κ2) is 5.93. The van der Waals surface area contributed by atoms with Gasteiger partial charge < -0.3 is 14.4 Å². The van der Waals surface area contributed by atoms with Crippen LogP contribution >= 0.6 is 0 Å². The molecule has 1 unspecified atom stereocenters. The lowest BCUT2D eigenvalue weighted by atomic mass is 10.1. The molecule has 0 radical (unpaired) electrons. The number of rotatable bonds is 3. The molecule has 1 atom stereocenters. The van der Waals surface area contributed by atoms with Gasteiger partial charge in [-0.05, 0) is 32.0 Å². The number of hydrogen-bond donors (Lipinski definition) is 0. The molecule has 1 aromatic heterocycles. The monoisotopic (exact) mass is 300 g/mol. The number of aryl methyl sites for hydroxylation is 1. The number of fused-ring (bicyclic) bond motifs is 2. The number of aromatic nitrogens is 1. The summed E-state index contributed by atoms with van der Waals surface area (Å²) >= 11 is 0. The Labute approximate surface area is 129 Å². The summed E-state index contributed by atoms with van der Waals surface area (Å²) in [6.45, 7) is 5.37. The van der Waals surface area contributed by atoms with Gasteiger partial charge >= 0.3 is 0 Å². The maximum Gasteiger partial charge on any atom is 0.263 e. The molecule has 2 aromatic rings. The quantitative estimate of drug-likeness (QED) is 0.873. The van der Waals surface area contributed by atoms with Crippen molar-refractivity contribution in [2.75, 3.05) is 20.3 Å². The molecule has 22 heavy (non-hydrogen) atoms. The smallest absolute Gasteiger partial charge is 0.263 e. The minimum atomic E-state index is -0.534. The van der Waals surface area contributed by atoms with Gasteiger partial charge in [-0.3, -0.25) is 4.79 Å². The predicted octanol–water partition coefficient (Wildman–Crippen LogP) is 2.30. The number of benzene rings is 1. The standard InChI is InChI=1S/C17H20N2O3/c1-11-4-5-15-13(8-11)9-14-10-19(6-7-21-3)17(20)12(2)22-16(14)18-15/h4-5,8-9,12H,6-7,10H2,1-3H3. The van der Waals surface area contributed by atoms with Crippen molar-refractivity contribution < 1.29 is 14.3 Å². The van der Waals surface area contributed by atoms with Crippen molar-refractivity contribution in [3.05, 3.63) is 35.4 Å². The van der Waals surface area contributed by atoms with E-state index in [9.17, 15) is 4.79 Å². The highest BCUT2D eigenvalue weighted by Crippen LogP contribution is 2.28. The zero-order valence-electron chi connectivity index (χ0n) is 13.1. The van der Waals surface area contributed by atoms with Gasteiger partial charge in [-0.1, -0.05) is 11.6 Å². The normalized spacial score (nSPS) is 18.0. The van der Waals surface area contributed by atoms with Gasteiger partial charge in [0.2, 0.25) is 5.88 Å². The fraction of sp³-hybridized carbons (Fsp3) is 0.412. The van der Waals surface area contributed by atoms with Crippen LogP contribution in [0.3, 0.4) is 0 Å². The molecule has 0 fully saturated rings. The van der Waals surface area contributed by atoms with Crippen molar-refractivity contribution in [3.8, 4) is 5.88 Å². The molecule has 0 spiro atoms. The van der Waals surface area contributed by atoms with Crippen molar-refractivity contribution in [2.45, 2.75) is 26.5 Å². The number of carbonyl (C=O) groups is 1. The fourth-order valence-electron chi connectivity index (χ4n) is 2.69. The molecule has 5 heteroatoms. The Morgan fingerprint density at radius 2 is 2.23 bits per heavy atom. The largest absolute Gasteiger partial charge is 0.464 e. The lowest BCUT2D eigenvalue weighted by Gasteiger charge is -2.21. The number of methoxy groups -OCH3 is 1. The molecule has 0 bridgehead atoms. The number of nitrogens with zero attached hydrogens (tertiary/aromatic N) is 2. The Kier molecular flexibility index (Phi) is 3.98. The molecular formula is C17H20N2O3. The highest BCUT2D eigenvalue weighted by Gasteiger charge is 2.28. The SMILES string of the molecule is COCCN1Cc2cc3cc(C)ccc3nc2OC(C)C1=O. The maximum absolute atomic E-state index is 12.4. The van der Waals surface area contributed by atoms with E-state index in [2.05, 4.69) is 24.0 Å². The Morgan fingerprint density at radius 3 is 3.00 bits per heavy atom. The molecule has 3 rings (SSSR count). The first-order valence-corrected chi connectivity index (χ1v) is 7.43. The van der Waals surface area contributed by atoms with Crippen LogP contribution in [0.1, 0.15) is 18.1 Å². The van der Waals surface area contributed by atoms with Crippen molar-refractivity contribution >= 4 is 16.8 Å². The van der Waals surface area contributed by atoms with Crippen LogP contribution in [-0.4, -0.2) is 42.2 Å². The summed E-state index contributed by atoms with van der Waals surface area (Å²) in [6.07, 6.45) is -0.534. The van der Waals surface area contributed by atoms with Crippen molar-refractivity contribution in [3.63, 3.8) is 0 Å². The van der Waals surface area contributed by atoms with Gasteiger partial charge in [0.25, 0.3) is 5.91 Å². The molecule has 1 aliphatic heterocycles. The van der Waals surface area contributed by atoms with Gasteiger partial charge in [0.05, 0.1) is 18.7 Å². The fourth-order valence-corrected chi connectivity index (χ4v) is 2.69. The van der Waals surface area contributed by atoms with Gasteiger partial charge in [0.1, 0.15) is 0 Å². The lowest BCUT2D eigenvalue weighted by molar-refractivity contribution is -0.138. The maximum atomic E-state index is 12.4. The molecule has 1 aliphatic rings. The van der Waals surface area contributed by atoms with E-state index in [1.165, 1.54) is 5.56 Å². The van der Waals surface area contributed by atoms with Crippen LogP contribution in [0, 0.1) is 6.92 Å². The summed E-state index contributed by atoms with van der Waals surface area (Å²) < 4.78 is 10.9. The Hall–Kier alpha value is -2.14. The van der Waals surface area contributed by atoms with Crippen molar-refractivity contribution in [1.29, 1.82) is 0 Å². The van der Waals surface area contributed by atoms with E-state index in [-0.39, 0.29) is 5.91 Å². The number of ether oxygens (including phenoxy) is 2. The number of pyridine rings is 1. The summed E-state index contributed by atoms with van der Waals surface area (Å²) in [5, 5.41) is 1.07. The third-order valence-electron chi connectivity index (χ3n) is 3.88. The topological polar surface area (TPSA) is 51.7 Å². The van der Waals surface area contributed by atoms with Crippen LogP contribution in [-0.2, 0) is 16.1 Å². The molecule has 0 saturated heterocycles. The highest BCUT2D eigenvalue weighted by molar-refractivity contribution is 5.84. The average Bonchev–Trinajstić information content (AvgIpc) is 2.61. The number of carbonyl (C=O) groups excluding carboxylic acids is 1. The van der Waals surface area contributed by atoms with Crippen LogP contribution in [0.5, 0.6) is 5.88 Å². The molecule has 0 N–H and O–H groups in total. The van der Waals surface area contributed by atoms with Crippen LogP contribution in [0.15, 0.2) is 24.3 Å². The van der Waals surface area contributed by atoms with Crippen LogP contribution < -0.4 is 4.74 Å². The first-order chi connectivity index (χ1) is 10.6. The van der Waals surface area contributed by atoms with Gasteiger partial charge in [0.15, 0.2) is 6.10 Å². The number of amides is 1. The van der Waals surface area contributed by atoms with E-state index < -0.39 is 6.10 Å². The summed E-state index contributed by atoms with van der Waals surface area (Å²) in [5.41, 5.74) is 3.01. The van der Waals surface area contributed by atoms with Crippen molar-refractivity contribution in [1.82, 2.24) is 9.88 Å². The Bertz CT molecular complexity index is 714. The van der Waals surface area contributed by atoms with E-state index in [1.807, 2.05) is 12.1 Å². The summed E-state index contributed by atoms with van der Waals surface area (Å²) in [6, 6.07) is 8.17. The molecule has 2 heterocycles. The minimum Gasteiger partial charge on any atom is -0.464 e. The van der Waals surface area contributed by atoms with Gasteiger partial charge in [-0.25, -0.2) is 4.98 Å². The van der Waals surface area contributed by atoms with Crippen LogP contribution in [0.2, 0.25) is 0 Å². The van der Waals surface area contributed by atoms with E-state index in [0.717, 1.165) is 16.5 Å². The zero-order chi connectivity index (χ0) is 15.7. The molecule has 0 aliphatic carbocycles. The lowest BCUT2D eigenvalue weighted by Crippen LogP contribution is -2.39.